The van der Waals surface area contributed by atoms with Gasteiger partial charge in [-0.2, -0.15) is 0 Å². The number of hydrogen-bond donors (Lipinski definition) is 1. The predicted octanol–water partition coefficient (Wildman–Crippen LogP) is 3.23. The summed E-state index contributed by atoms with van der Waals surface area (Å²) in [4.78, 5) is 26.7. The molecule has 154 valence electrons. The average Bonchev–Trinajstić information content (AvgIpc) is 3.16. The molecule has 0 saturated carbocycles. The molecule has 7 nitrogen and oxygen atoms in total. The van der Waals surface area contributed by atoms with E-state index in [2.05, 4.69) is 22.3 Å². The molecule has 0 fully saturated rings. The van der Waals surface area contributed by atoms with Crippen LogP contribution < -0.4 is 25.1 Å². The van der Waals surface area contributed by atoms with Crippen LogP contribution in [0, 0.1) is 0 Å². The number of anilines is 2. The second kappa shape index (κ2) is 8.73. The Morgan fingerprint density at radius 2 is 1.93 bits per heavy atom. The number of benzene rings is 2. The molecule has 0 unspecified atom stereocenters. The minimum atomic E-state index is -0.406. The fourth-order valence-electron chi connectivity index (χ4n) is 3.46. The predicted molar refractivity (Wildman–Crippen MR) is 113 cm³/mol. The molecular formula is C23H22N2O5. The number of amides is 1. The molecule has 0 atom stereocenters. The van der Waals surface area contributed by atoms with E-state index in [1.165, 1.54) is 25.0 Å². The van der Waals surface area contributed by atoms with E-state index in [9.17, 15) is 9.59 Å². The van der Waals surface area contributed by atoms with Crippen molar-refractivity contribution in [2.75, 3.05) is 30.5 Å². The van der Waals surface area contributed by atoms with Crippen LogP contribution in [-0.2, 0) is 17.8 Å². The molecule has 7 heteroatoms. The third kappa shape index (κ3) is 4.30. The van der Waals surface area contributed by atoms with Crippen LogP contribution >= 0.6 is 0 Å². The highest BCUT2D eigenvalue weighted by Crippen LogP contribution is 2.28. The van der Waals surface area contributed by atoms with Gasteiger partial charge in [0.25, 0.3) is 5.91 Å². The maximum Gasteiger partial charge on any atom is 0.262 e. The number of fused-ring (bicyclic) bond motifs is 1. The third-order valence-electron chi connectivity index (χ3n) is 4.92. The van der Waals surface area contributed by atoms with Crippen molar-refractivity contribution in [2.45, 2.75) is 13.0 Å². The summed E-state index contributed by atoms with van der Waals surface area (Å²) in [6.45, 7) is 1.06. The number of rotatable bonds is 7. The van der Waals surface area contributed by atoms with Gasteiger partial charge >= 0.3 is 0 Å². The highest BCUT2D eigenvalue weighted by atomic mass is 16.5. The molecule has 1 aliphatic rings. The van der Waals surface area contributed by atoms with Gasteiger partial charge in [-0.25, -0.2) is 0 Å². The highest BCUT2D eigenvalue weighted by molar-refractivity contribution is 5.93. The summed E-state index contributed by atoms with van der Waals surface area (Å²) in [5.41, 5.74) is 2.66. The van der Waals surface area contributed by atoms with Crippen molar-refractivity contribution in [1.29, 1.82) is 0 Å². The van der Waals surface area contributed by atoms with Gasteiger partial charge in [0.1, 0.15) is 17.8 Å². The van der Waals surface area contributed by atoms with Crippen molar-refractivity contribution in [3.05, 3.63) is 82.4 Å². The van der Waals surface area contributed by atoms with Gasteiger partial charge in [-0.05, 0) is 30.2 Å². The zero-order valence-corrected chi connectivity index (χ0v) is 16.6. The van der Waals surface area contributed by atoms with E-state index in [1.807, 2.05) is 12.1 Å². The summed E-state index contributed by atoms with van der Waals surface area (Å²) < 4.78 is 16.1. The molecule has 30 heavy (non-hydrogen) atoms. The lowest BCUT2D eigenvalue weighted by Crippen LogP contribution is -2.23. The monoisotopic (exact) mass is 406 g/mol. The minimum absolute atomic E-state index is 0.00394. The molecule has 3 aromatic rings. The van der Waals surface area contributed by atoms with E-state index in [4.69, 9.17) is 13.9 Å². The van der Waals surface area contributed by atoms with Crippen molar-refractivity contribution in [2.24, 2.45) is 0 Å². The maximum atomic E-state index is 12.4. The van der Waals surface area contributed by atoms with Crippen LogP contribution in [0.15, 0.2) is 70.1 Å². The normalized spacial score (nSPS) is 12.4. The van der Waals surface area contributed by atoms with Crippen molar-refractivity contribution < 1.29 is 18.7 Å². The molecule has 2 heterocycles. The first-order valence-electron chi connectivity index (χ1n) is 9.64. The number of carbonyl (C=O) groups is 1. The fourth-order valence-corrected chi connectivity index (χ4v) is 3.46. The van der Waals surface area contributed by atoms with E-state index in [1.54, 1.807) is 24.3 Å². The molecule has 4 rings (SSSR count). The van der Waals surface area contributed by atoms with Crippen LogP contribution in [0.3, 0.4) is 0 Å². The third-order valence-corrected chi connectivity index (χ3v) is 4.92. The molecule has 0 radical (unpaired) electrons. The van der Waals surface area contributed by atoms with Crippen LogP contribution in [-0.4, -0.2) is 26.2 Å². The summed E-state index contributed by atoms with van der Waals surface area (Å²) in [5.74, 6) is 0.674. The molecule has 1 aromatic heterocycles. The number of nitrogens with one attached hydrogen (secondary N) is 1. The first-order chi connectivity index (χ1) is 14.6. The van der Waals surface area contributed by atoms with Gasteiger partial charge < -0.3 is 24.1 Å². The van der Waals surface area contributed by atoms with Gasteiger partial charge in [-0.15, -0.1) is 0 Å². The lowest BCUT2D eigenvalue weighted by Gasteiger charge is -2.18. The van der Waals surface area contributed by atoms with Gasteiger partial charge in [0, 0.05) is 18.3 Å². The zero-order chi connectivity index (χ0) is 20.9. The molecule has 1 aliphatic heterocycles. The van der Waals surface area contributed by atoms with Crippen LogP contribution in [0.5, 0.6) is 11.5 Å². The SMILES string of the molecule is COc1ccccc1NC(=O)COc1coc(CN2CCc3ccccc32)cc1=O. The summed E-state index contributed by atoms with van der Waals surface area (Å²) in [7, 11) is 1.52. The topological polar surface area (TPSA) is 81.0 Å². The molecule has 0 spiro atoms. The van der Waals surface area contributed by atoms with Crippen molar-refractivity contribution in [3.63, 3.8) is 0 Å². The van der Waals surface area contributed by atoms with E-state index in [0.717, 1.165) is 18.7 Å². The quantitative estimate of drug-likeness (QED) is 0.649. The lowest BCUT2D eigenvalue weighted by molar-refractivity contribution is -0.118. The molecule has 0 aliphatic carbocycles. The van der Waals surface area contributed by atoms with Gasteiger partial charge in [0.05, 0.1) is 19.3 Å². The van der Waals surface area contributed by atoms with Crippen molar-refractivity contribution in [1.82, 2.24) is 0 Å². The number of hydrogen-bond acceptors (Lipinski definition) is 6. The minimum Gasteiger partial charge on any atom is -0.495 e. The Morgan fingerprint density at radius 1 is 1.13 bits per heavy atom. The number of ether oxygens (including phenoxy) is 2. The standard InChI is InChI=1S/C23H22N2O5/c1-28-21-9-5-3-7-18(21)24-23(27)15-30-22-14-29-17(12-20(22)26)13-25-11-10-16-6-2-4-8-19(16)25/h2-9,12,14H,10-11,13,15H2,1H3,(H,24,27). The Hall–Kier alpha value is -3.74. The number of carbonyl (C=O) groups excluding carboxylic acids is 1. The Morgan fingerprint density at radius 3 is 2.77 bits per heavy atom. The zero-order valence-electron chi connectivity index (χ0n) is 16.6. The molecular weight excluding hydrogens is 384 g/mol. The fraction of sp³-hybridized carbons (Fsp3) is 0.217. The second-order valence-corrected chi connectivity index (χ2v) is 6.91. The van der Waals surface area contributed by atoms with Gasteiger partial charge in [-0.1, -0.05) is 30.3 Å². The van der Waals surface area contributed by atoms with Gasteiger partial charge in [-0.3, -0.25) is 9.59 Å². The molecule has 2 aromatic carbocycles. The van der Waals surface area contributed by atoms with Crippen LogP contribution in [0.2, 0.25) is 0 Å². The second-order valence-electron chi connectivity index (χ2n) is 6.91. The van der Waals surface area contributed by atoms with Crippen LogP contribution in [0.25, 0.3) is 0 Å². The number of para-hydroxylation sites is 3. The molecule has 1 amide bonds. The first-order valence-corrected chi connectivity index (χ1v) is 9.64. The molecule has 1 N–H and O–H groups in total. The highest BCUT2D eigenvalue weighted by Gasteiger charge is 2.19. The summed E-state index contributed by atoms with van der Waals surface area (Å²) in [5, 5.41) is 2.69. The van der Waals surface area contributed by atoms with E-state index < -0.39 is 5.91 Å². The van der Waals surface area contributed by atoms with Gasteiger partial charge in [0.2, 0.25) is 11.2 Å². The Balaban J connectivity index is 1.36. The summed E-state index contributed by atoms with van der Waals surface area (Å²) >= 11 is 0. The average molecular weight is 406 g/mol. The Kier molecular flexibility index (Phi) is 5.70. The maximum absolute atomic E-state index is 12.4. The van der Waals surface area contributed by atoms with Gasteiger partial charge in [0.15, 0.2) is 6.61 Å². The van der Waals surface area contributed by atoms with Crippen LogP contribution in [0.4, 0.5) is 11.4 Å². The molecule has 0 saturated heterocycles. The van der Waals surface area contributed by atoms with E-state index in [0.29, 0.717) is 23.7 Å². The van der Waals surface area contributed by atoms with Crippen molar-refractivity contribution >= 4 is 17.3 Å². The first kappa shape index (κ1) is 19.6. The molecule has 0 bridgehead atoms. The Labute approximate surface area is 173 Å². The Bertz CT molecular complexity index is 1110. The van der Waals surface area contributed by atoms with Crippen LogP contribution in [0.1, 0.15) is 11.3 Å². The smallest absolute Gasteiger partial charge is 0.262 e. The summed E-state index contributed by atoms with van der Waals surface area (Å²) in [6, 6.07) is 16.7. The number of nitrogens with zero attached hydrogens (tertiary/aromatic N) is 1. The van der Waals surface area contributed by atoms with Crippen molar-refractivity contribution in [3.8, 4) is 11.5 Å². The van der Waals surface area contributed by atoms with E-state index in [-0.39, 0.29) is 17.8 Å². The summed E-state index contributed by atoms with van der Waals surface area (Å²) in [6.07, 6.45) is 2.24. The largest absolute Gasteiger partial charge is 0.495 e. The number of methoxy groups -OCH3 is 1. The lowest BCUT2D eigenvalue weighted by atomic mass is 10.2. The van der Waals surface area contributed by atoms with E-state index >= 15 is 0 Å².